The lowest BCUT2D eigenvalue weighted by molar-refractivity contribution is 0.0930. The highest BCUT2D eigenvalue weighted by molar-refractivity contribution is 7.98. The second-order valence-corrected chi connectivity index (χ2v) is 6.97. The molecule has 3 aromatic rings. The van der Waals surface area contributed by atoms with Crippen molar-refractivity contribution in [1.29, 1.82) is 0 Å². The third-order valence-corrected chi connectivity index (χ3v) is 4.91. The van der Waals surface area contributed by atoms with Crippen LogP contribution in [0, 0.1) is 0 Å². The van der Waals surface area contributed by atoms with Crippen molar-refractivity contribution >= 4 is 40.2 Å². The molecule has 1 heterocycles. The van der Waals surface area contributed by atoms with Crippen molar-refractivity contribution in [3.05, 3.63) is 64.9 Å². The Balaban J connectivity index is 1.49. The number of ether oxygens (including phenoxy) is 1. The number of thioether (sulfide) groups is 1. The van der Waals surface area contributed by atoms with Crippen molar-refractivity contribution in [1.82, 2.24) is 5.32 Å². The van der Waals surface area contributed by atoms with Gasteiger partial charge in [0.05, 0.1) is 7.11 Å². The fourth-order valence-electron chi connectivity index (χ4n) is 2.45. The van der Waals surface area contributed by atoms with E-state index < -0.39 is 0 Å². The number of rotatable bonds is 7. The number of halogens is 1. The number of carbonyl (C=O) groups excluding carboxylic acids is 1. The standard InChI is InChI=1S/C19H18ClNO3S/c1-23-16-7-3-5-14-11-17(24-18(14)16)19(22)21-8-9-25-12-13-4-2-6-15(20)10-13/h2-7,10-11H,8-9,12H2,1H3,(H,21,22). The molecule has 0 atom stereocenters. The van der Waals surface area contributed by atoms with Crippen LogP contribution in [0.25, 0.3) is 11.0 Å². The monoisotopic (exact) mass is 375 g/mol. The van der Waals surface area contributed by atoms with Crippen molar-refractivity contribution in [2.24, 2.45) is 0 Å². The second-order valence-electron chi connectivity index (χ2n) is 5.43. The first-order valence-corrected chi connectivity index (χ1v) is 9.37. The maximum Gasteiger partial charge on any atom is 0.287 e. The Labute approximate surface area is 155 Å². The fourth-order valence-corrected chi connectivity index (χ4v) is 3.47. The van der Waals surface area contributed by atoms with Gasteiger partial charge >= 0.3 is 0 Å². The molecule has 0 aliphatic rings. The van der Waals surface area contributed by atoms with E-state index in [2.05, 4.69) is 5.32 Å². The molecule has 0 aliphatic heterocycles. The molecule has 0 saturated carbocycles. The van der Waals surface area contributed by atoms with Crippen LogP contribution < -0.4 is 10.1 Å². The molecule has 0 fully saturated rings. The maximum absolute atomic E-state index is 12.2. The van der Waals surface area contributed by atoms with E-state index in [4.69, 9.17) is 20.8 Å². The molecule has 0 unspecified atom stereocenters. The average Bonchev–Trinajstić information content (AvgIpc) is 3.05. The number of benzene rings is 2. The number of amides is 1. The lowest BCUT2D eigenvalue weighted by Gasteiger charge is -2.04. The van der Waals surface area contributed by atoms with Crippen molar-refractivity contribution in [2.75, 3.05) is 19.4 Å². The third-order valence-electron chi connectivity index (χ3n) is 3.64. The first-order chi connectivity index (χ1) is 12.2. The van der Waals surface area contributed by atoms with Gasteiger partial charge in [-0.3, -0.25) is 4.79 Å². The van der Waals surface area contributed by atoms with Crippen LogP contribution in [0.1, 0.15) is 16.1 Å². The van der Waals surface area contributed by atoms with Gasteiger partial charge in [-0.25, -0.2) is 0 Å². The number of carbonyl (C=O) groups is 1. The van der Waals surface area contributed by atoms with Gasteiger partial charge in [-0.2, -0.15) is 11.8 Å². The minimum atomic E-state index is -0.221. The highest BCUT2D eigenvalue weighted by Gasteiger charge is 2.14. The number of nitrogens with one attached hydrogen (secondary N) is 1. The van der Waals surface area contributed by atoms with E-state index >= 15 is 0 Å². The van der Waals surface area contributed by atoms with Crippen molar-refractivity contribution in [3.8, 4) is 5.75 Å². The summed E-state index contributed by atoms with van der Waals surface area (Å²) in [6.45, 7) is 0.568. The van der Waals surface area contributed by atoms with Gasteiger partial charge in [-0.05, 0) is 29.8 Å². The number of fused-ring (bicyclic) bond motifs is 1. The first kappa shape index (κ1) is 17.7. The maximum atomic E-state index is 12.2. The van der Waals surface area contributed by atoms with E-state index in [0.29, 0.717) is 23.6 Å². The van der Waals surface area contributed by atoms with Gasteiger partial charge in [0.15, 0.2) is 17.1 Å². The van der Waals surface area contributed by atoms with Gasteiger partial charge < -0.3 is 14.5 Å². The lowest BCUT2D eigenvalue weighted by atomic mass is 10.2. The van der Waals surface area contributed by atoms with Crippen molar-refractivity contribution in [2.45, 2.75) is 5.75 Å². The Morgan fingerprint density at radius 1 is 1.24 bits per heavy atom. The zero-order valence-corrected chi connectivity index (χ0v) is 15.3. The van der Waals surface area contributed by atoms with Crippen LogP contribution in [0.3, 0.4) is 0 Å². The molecular formula is C19H18ClNO3S. The molecule has 130 valence electrons. The molecule has 0 spiro atoms. The average molecular weight is 376 g/mol. The van der Waals surface area contributed by atoms with E-state index in [-0.39, 0.29) is 5.91 Å². The molecule has 1 aromatic heterocycles. The smallest absolute Gasteiger partial charge is 0.287 e. The quantitative estimate of drug-likeness (QED) is 0.605. The summed E-state index contributed by atoms with van der Waals surface area (Å²) in [5.74, 6) is 2.36. The summed E-state index contributed by atoms with van der Waals surface area (Å²) in [5.41, 5.74) is 1.76. The largest absolute Gasteiger partial charge is 0.493 e. The Hall–Kier alpha value is -2.11. The summed E-state index contributed by atoms with van der Waals surface area (Å²) in [4.78, 5) is 12.2. The molecular weight excluding hydrogens is 358 g/mol. The van der Waals surface area contributed by atoms with Crippen LogP contribution in [0.5, 0.6) is 5.75 Å². The summed E-state index contributed by atoms with van der Waals surface area (Å²) in [5, 5.41) is 4.46. The van der Waals surface area contributed by atoms with Crippen LogP contribution in [0.4, 0.5) is 0 Å². The zero-order valence-electron chi connectivity index (χ0n) is 13.8. The predicted molar refractivity (Wildman–Crippen MR) is 103 cm³/mol. The van der Waals surface area contributed by atoms with Crippen LogP contribution in [0.15, 0.2) is 52.9 Å². The molecule has 25 heavy (non-hydrogen) atoms. The molecule has 3 rings (SSSR count). The molecule has 0 saturated heterocycles. The van der Waals surface area contributed by atoms with Crippen molar-refractivity contribution < 1.29 is 13.9 Å². The number of furan rings is 1. The summed E-state index contributed by atoms with van der Waals surface area (Å²) >= 11 is 7.70. The molecule has 0 aliphatic carbocycles. The minimum Gasteiger partial charge on any atom is -0.493 e. The van der Waals surface area contributed by atoms with Crippen LogP contribution in [-0.2, 0) is 5.75 Å². The molecule has 2 aromatic carbocycles. The van der Waals surface area contributed by atoms with E-state index in [1.54, 1.807) is 31.0 Å². The summed E-state index contributed by atoms with van der Waals surface area (Å²) < 4.78 is 10.9. The van der Waals surface area contributed by atoms with Gasteiger partial charge in [-0.1, -0.05) is 35.9 Å². The van der Waals surface area contributed by atoms with Crippen LogP contribution in [0.2, 0.25) is 5.02 Å². The van der Waals surface area contributed by atoms with Crippen LogP contribution >= 0.6 is 23.4 Å². The molecule has 0 bridgehead atoms. The third kappa shape index (κ3) is 4.50. The molecule has 1 N–H and O–H groups in total. The number of hydrogen-bond donors (Lipinski definition) is 1. The molecule has 1 amide bonds. The van der Waals surface area contributed by atoms with E-state index in [0.717, 1.165) is 21.9 Å². The van der Waals surface area contributed by atoms with Gasteiger partial charge in [0.25, 0.3) is 5.91 Å². The normalized spacial score (nSPS) is 10.8. The second kappa shape index (κ2) is 8.32. The van der Waals surface area contributed by atoms with Gasteiger partial charge in [0.2, 0.25) is 0 Å². The summed E-state index contributed by atoms with van der Waals surface area (Å²) in [6.07, 6.45) is 0. The zero-order chi connectivity index (χ0) is 17.6. The predicted octanol–water partition coefficient (Wildman–Crippen LogP) is 4.76. The molecule has 4 nitrogen and oxygen atoms in total. The fraction of sp³-hybridized carbons (Fsp3) is 0.211. The number of para-hydroxylation sites is 1. The van der Waals surface area contributed by atoms with E-state index in [1.807, 2.05) is 36.4 Å². The van der Waals surface area contributed by atoms with Gasteiger partial charge in [-0.15, -0.1) is 0 Å². The summed E-state index contributed by atoms with van der Waals surface area (Å²) in [7, 11) is 1.58. The Kier molecular flexibility index (Phi) is 5.89. The van der Waals surface area contributed by atoms with Crippen molar-refractivity contribution in [3.63, 3.8) is 0 Å². The molecule has 6 heteroatoms. The van der Waals surface area contributed by atoms with E-state index in [1.165, 1.54) is 5.56 Å². The Bertz CT molecular complexity index is 878. The summed E-state index contributed by atoms with van der Waals surface area (Å²) in [6, 6.07) is 15.1. The molecule has 0 radical (unpaired) electrons. The number of methoxy groups -OCH3 is 1. The van der Waals surface area contributed by atoms with Crippen LogP contribution in [-0.4, -0.2) is 25.3 Å². The minimum absolute atomic E-state index is 0.221. The topological polar surface area (TPSA) is 51.5 Å². The highest BCUT2D eigenvalue weighted by Crippen LogP contribution is 2.28. The van der Waals surface area contributed by atoms with Gasteiger partial charge in [0.1, 0.15) is 0 Å². The SMILES string of the molecule is COc1cccc2cc(C(=O)NCCSCc3cccc(Cl)c3)oc12. The Morgan fingerprint density at radius 3 is 2.88 bits per heavy atom. The van der Waals surface area contributed by atoms with E-state index in [9.17, 15) is 4.79 Å². The van der Waals surface area contributed by atoms with Gasteiger partial charge in [0, 0.05) is 28.5 Å². The highest BCUT2D eigenvalue weighted by atomic mass is 35.5. The lowest BCUT2D eigenvalue weighted by Crippen LogP contribution is -2.25. The first-order valence-electron chi connectivity index (χ1n) is 7.84. The number of hydrogen-bond acceptors (Lipinski definition) is 4. The Morgan fingerprint density at radius 2 is 2.08 bits per heavy atom.